The Kier molecular flexibility index (Phi) is 3.57. The van der Waals surface area contributed by atoms with Crippen LogP contribution in [0.1, 0.15) is 25.8 Å². The van der Waals surface area contributed by atoms with E-state index in [1.165, 1.54) is 0 Å². The highest BCUT2D eigenvalue weighted by molar-refractivity contribution is 6.65. The third kappa shape index (κ3) is 2.10. The molecule has 0 aliphatic rings. The molecule has 1 atom stereocenters. The van der Waals surface area contributed by atoms with Crippen LogP contribution in [0, 0.1) is 0 Å². The van der Waals surface area contributed by atoms with Gasteiger partial charge in [0.25, 0.3) is 0 Å². The van der Waals surface area contributed by atoms with Crippen molar-refractivity contribution in [3.05, 3.63) is 34.9 Å². The van der Waals surface area contributed by atoms with E-state index in [0.717, 1.165) is 5.56 Å². The quantitative estimate of drug-likeness (QED) is 0.723. The zero-order valence-corrected chi connectivity index (χ0v) is 9.69. The van der Waals surface area contributed by atoms with Gasteiger partial charge in [-0.1, -0.05) is 30.7 Å². The summed E-state index contributed by atoms with van der Waals surface area (Å²) in [4.78, 5) is 11.3. The van der Waals surface area contributed by atoms with Gasteiger partial charge in [0, 0.05) is 5.02 Å². The summed E-state index contributed by atoms with van der Waals surface area (Å²) in [5.41, 5.74) is 0.302. The lowest BCUT2D eigenvalue weighted by molar-refractivity contribution is -0.116. The first-order valence-corrected chi connectivity index (χ1v) is 5.22. The smallest absolute Gasteiger partial charge is 0.231 e. The maximum Gasteiger partial charge on any atom is 0.231 e. The Balaban J connectivity index is 3.13. The summed E-state index contributed by atoms with van der Waals surface area (Å²) in [5.74, 6) is 0. The minimum atomic E-state index is -0.605. The fourth-order valence-corrected chi connectivity index (χ4v) is 1.64. The summed E-state index contributed by atoms with van der Waals surface area (Å²) >= 11 is 11.4. The molecule has 0 amide bonds. The zero-order chi connectivity index (χ0) is 10.8. The Morgan fingerprint density at radius 3 is 2.21 bits per heavy atom. The van der Waals surface area contributed by atoms with E-state index >= 15 is 0 Å². The lowest BCUT2D eigenvalue weighted by Crippen LogP contribution is -2.27. The van der Waals surface area contributed by atoms with Gasteiger partial charge >= 0.3 is 0 Å². The Hall–Kier alpha value is -0.530. The van der Waals surface area contributed by atoms with Crippen LogP contribution in [0.5, 0.6) is 0 Å². The molecule has 1 aromatic rings. The van der Waals surface area contributed by atoms with Crippen LogP contribution in [0.15, 0.2) is 24.3 Å². The molecule has 0 spiro atoms. The molecule has 0 N–H and O–H groups in total. The molecule has 0 saturated heterocycles. The first-order chi connectivity index (χ1) is 6.50. The van der Waals surface area contributed by atoms with Crippen molar-refractivity contribution in [2.45, 2.75) is 25.7 Å². The Morgan fingerprint density at radius 1 is 1.36 bits per heavy atom. The van der Waals surface area contributed by atoms with Crippen LogP contribution < -0.4 is 0 Å². The van der Waals surface area contributed by atoms with Gasteiger partial charge in [-0.3, -0.25) is 4.79 Å². The van der Waals surface area contributed by atoms with E-state index in [1.807, 2.05) is 26.0 Å². The number of halogens is 2. The molecule has 1 rings (SSSR count). The first kappa shape index (κ1) is 11.5. The molecule has 1 unspecified atom stereocenters. The van der Waals surface area contributed by atoms with Crippen molar-refractivity contribution in [3.8, 4) is 0 Å². The lowest BCUT2D eigenvalue weighted by Gasteiger charge is -2.23. The van der Waals surface area contributed by atoms with Crippen molar-refractivity contribution >= 4 is 28.4 Å². The Labute approximate surface area is 94.0 Å². The van der Waals surface area contributed by atoms with Crippen molar-refractivity contribution in [1.29, 1.82) is 0 Å². The molecule has 0 aromatic heterocycles. The molecule has 14 heavy (non-hydrogen) atoms. The largest absolute Gasteiger partial charge is 0.280 e. The fraction of sp³-hybridized carbons (Fsp3) is 0.364. The third-order valence-corrected chi connectivity index (χ3v) is 3.29. The molecule has 0 radical (unpaired) electrons. The van der Waals surface area contributed by atoms with E-state index in [0.29, 0.717) is 11.4 Å². The number of rotatable bonds is 3. The molecule has 0 fully saturated rings. The summed E-state index contributed by atoms with van der Waals surface area (Å²) in [6, 6.07) is 7.22. The molecule has 76 valence electrons. The third-order valence-electron chi connectivity index (χ3n) is 2.62. The van der Waals surface area contributed by atoms with Gasteiger partial charge in [-0.25, -0.2) is 0 Å². The summed E-state index contributed by atoms with van der Waals surface area (Å²) in [6.45, 7) is 3.78. The summed E-state index contributed by atoms with van der Waals surface area (Å²) in [5, 5.41) is 0.330. The normalized spacial score (nSPS) is 14.9. The number of hydrogen-bond donors (Lipinski definition) is 0. The van der Waals surface area contributed by atoms with Crippen LogP contribution in [0.2, 0.25) is 5.02 Å². The molecule has 1 nitrogen and oxygen atoms in total. The molecular weight excluding hydrogens is 219 g/mol. The molecule has 0 aliphatic carbocycles. The van der Waals surface area contributed by atoms with E-state index in [9.17, 15) is 4.79 Å². The molecule has 0 bridgehead atoms. The standard InChI is InChI=1S/C11H12Cl2O/c1-3-11(2,10(13)14)8-4-6-9(12)7-5-8/h4-7H,3H2,1-2H3. The number of carbonyl (C=O) groups excluding carboxylic acids is 1. The van der Waals surface area contributed by atoms with Crippen molar-refractivity contribution in [2.75, 3.05) is 0 Å². The molecular formula is C11H12Cl2O. The lowest BCUT2D eigenvalue weighted by atomic mass is 9.81. The fourth-order valence-electron chi connectivity index (χ4n) is 1.27. The van der Waals surface area contributed by atoms with Gasteiger partial charge in [0.05, 0.1) is 5.41 Å². The van der Waals surface area contributed by atoms with E-state index < -0.39 is 5.41 Å². The summed E-state index contributed by atoms with van der Waals surface area (Å²) < 4.78 is 0. The van der Waals surface area contributed by atoms with Crippen LogP contribution in [0.3, 0.4) is 0 Å². The number of hydrogen-bond acceptors (Lipinski definition) is 1. The average molecular weight is 231 g/mol. The zero-order valence-electron chi connectivity index (χ0n) is 8.18. The van der Waals surface area contributed by atoms with Gasteiger partial charge in [-0.2, -0.15) is 0 Å². The highest BCUT2D eigenvalue weighted by Crippen LogP contribution is 2.30. The van der Waals surface area contributed by atoms with Crippen LogP contribution in [0.25, 0.3) is 0 Å². The minimum absolute atomic E-state index is 0.331. The van der Waals surface area contributed by atoms with Crippen LogP contribution >= 0.6 is 23.2 Å². The van der Waals surface area contributed by atoms with Gasteiger partial charge in [0.2, 0.25) is 5.24 Å². The van der Waals surface area contributed by atoms with Crippen LogP contribution in [-0.2, 0) is 10.2 Å². The van der Waals surface area contributed by atoms with Crippen molar-refractivity contribution in [1.82, 2.24) is 0 Å². The van der Waals surface area contributed by atoms with E-state index in [1.54, 1.807) is 12.1 Å². The van der Waals surface area contributed by atoms with Gasteiger partial charge in [0.1, 0.15) is 0 Å². The van der Waals surface area contributed by atoms with Gasteiger partial charge in [-0.05, 0) is 42.6 Å². The van der Waals surface area contributed by atoms with E-state index in [-0.39, 0.29) is 5.24 Å². The predicted molar refractivity (Wildman–Crippen MR) is 60.0 cm³/mol. The maximum atomic E-state index is 11.3. The maximum absolute atomic E-state index is 11.3. The second-order valence-electron chi connectivity index (χ2n) is 3.47. The van der Waals surface area contributed by atoms with Crippen LogP contribution in [0.4, 0.5) is 0 Å². The van der Waals surface area contributed by atoms with E-state index in [4.69, 9.17) is 23.2 Å². The average Bonchev–Trinajstić information content (AvgIpc) is 2.17. The van der Waals surface area contributed by atoms with Crippen molar-refractivity contribution in [2.24, 2.45) is 0 Å². The predicted octanol–water partition coefficient (Wildman–Crippen LogP) is 3.77. The summed E-state index contributed by atoms with van der Waals surface area (Å²) in [7, 11) is 0. The minimum Gasteiger partial charge on any atom is -0.280 e. The van der Waals surface area contributed by atoms with Gasteiger partial charge < -0.3 is 0 Å². The Bertz CT molecular complexity index is 332. The monoisotopic (exact) mass is 230 g/mol. The number of benzene rings is 1. The topological polar surface area (TPSA) is 17.1 Å². The van der Waals surface area contributed by atoms with E-state index in [2.05, 4.69) is 0 Å². The SMILES string of the molecule is CCC(C)(C(=O)Cl)c1ccc(Cl)cc1. The van der Waals surface area contributed by atoms with Gasteiger partial charge in [-0.15, -0.1) is 0 Å². The second-order valence-corrected chi connectivity index (χ2v) is 4.25. The molecule has 0 heterocycles. The molecule has 3 heteroatoms. The molecule has 0 saturated carbocycles. The Morgan fingerprint density at radius 2 is 1.86 bits per heavy atom. The summed E-state index contributed by atoms with van der Waals surface area (Å²) in [6.07, 6.45) is 0.678. The highest BCUT2D eigenvalue weighted by Gasteiger charge is 2.31. The van der Waals surface area contributed by atoms with Crippen molar-refractivity contribution in [3.63, 3.8) is 0 Å². The molecule has 0 aliphatic heterocycles. The number of carbonyl (C=O) groups is 1. The van der Waals surface area contributed by atoms with Crippen molar-refractivity contribution < 1.29 is 4.79 Å². The van der Waals surface area contributed by atoms with Crippen LogP contribution in [-0.4, -0.2) is 5.24 Å². The highest BCUT2D eigenvalue weighted by atomic mass is 35.5. The first-order valence-electron chi connectivity index (χ1n) is 4.46. The molecule has 1 aromatic carbocycles. The second kappa shape index (κ2) is 4.33. The van der Waals surface area contributed by atoms with Gasteiger partial charge in [0.15, 0.2) is 0 Å².